The van der Waals surface area contributed by atoms with Crippen molar-refractivity contribution < 1.29 is 81.6 Å². The zero-order valence-electron chi connectivity index (χ0n) is 67.7. The number of ketones is 4. The van der Waals surface area contributed by atoms with Crippen LogP contribution in [-0.2, 0) is 12.8 Å². The van der Waals surface area contributed by atoms with Crippen molar-refractivity contribution >= 4 is 200 Å². The van der Waals surface area contributed by atoms with Gasteiger partial charge in [0.15, 0.2) is 23.1 Å². The van der Waals surface area contributed by atoms with Gasteiger partial charge >= 0.3 is 11.9 Å². The Hall–Kier alpha value is -16.3. The van der Waals surface area contributed by atoms with Crippen molar-refractivity contribution in [3.05, 3.63) is 321 Å². The molecule has 1 N–H and O–H groups in total. The van der Waals surface area contributed by atoms with Gasteiger partial charge in [-0.25, -0.2) is 9.59 Å². The molecule has 0 atom stereocenters. The smallest absolute Gasteiger partial charge is 0.344 e. The average molecular weight is 1650 g/mol. The number of carbonyl (C=O) groups is 12. The maximum absolute atomic E-state index is 15.0. The molecule has 19 aromatic rings. The minimum absolute atomic E-state index is 0.0160. The molecule has 22 rings (SSSR count). The van der Waals surface area contributed by atoms with Gasteiger partial charge in [-0.3, -0.25) is 62.6 Å². The van der Waals surface area contributed by atoms with Crippen molar-refractivity contribution in [3.63, 3.8) is 0 Å². The lowest BCUT2D eigenvalue weighted by molar-refractivity contribution is 0.0572. The highest BCUT2D eigenvalue weighted by Crippen LogP contribution is 2.54. The number of nitrogens with zero attached hydrogens (tertiary/aromatic N) is 3. The SMILES string of the molecule is CC(=O)c1ccc2c3ccc4c5c(ccc(c6ccc(C(C)=O)c1c26)c53)C(=O)N(CCc1ccc(Oc2cc(C(C)=O)c3c(C(C)=O)ccc5c6c(Oc7ccc(CCN8C(=O)c9ccc%10c%11ccc(C(=O)Oc%12ccccc%12)c%12c(C(=O)Oc%13ccccc%13)ccc(c%13ccc(c9c%10%13)C8=O)c%12%11)cc7)cc7c8c(ccc(c2c35)c86)C(=O)N(CCO)C7=O)cc1)C4=O. The van der Waals surface area contributed by atoms with Crippen LogP contribution < -0.4 is 18.9 Å². The van der Waals surface area contributed by atoms with Gasteiger partial charge in [0.25, 0.3) is 35.4 Å². The third-order valence-electron chi connectivity index (χ3n) is 25.4. The first-order valence-electron chi connectivity index (χ1n) is 41.1. The maximum atomic E-state index is 15.0. The number of para-hydroxylation sites is 2. The highest BCUT2D eigenvalue weighted by Gasteiger charge is 2.40. The van der Waals surface area contributed by atoms with E-state index in [-0.39, 0.29) is 100 Å². The fourth-order valence-electron chi connectivity index (χ4n) is 19.9. The zero-order chi connectivity index (χ0) is 86.4. The van der Waals surface area contributed by atoms with Crippen molar-refractivity contribution in [2.75, 3.05) is 26.2 Å². The van der Waals surface area contributed by atoms with Crippen LogP contribution in [0.5, 0.6) is 34.5 Å². The number of rotatable bonds is 20. The number of aliphatic hydroxyl groups excluding tert-OH is 1. The quantitative estimate of drug-likeness (QED) is 0.0185. The second kappa shape index (κ2) is 28.4. The van der Waals surface area contributed by atoms with Crippen LogP contribution in [0.25, 0.3) is 129 Å². The molecule has 0 aromatic heterocycles. The van der Waals surface area contributed by atoms with Crippen LogP contribution in [0.1, 0.15) is 163 Å². The number of aliphatic hydroxyl groups is 1. The van der Waals surface area contributed by atoms with Crippen molar-refractivity contribution in [1.29, 1.82) is 0 Å². The summed E-state index contributed by atoms with van der Waals surface area (Å²) < 4.78 is 25.7. The number of ether oxygens (including phenoxy) is 4. The number of carbonyl (C=O) groups excluding carboxylic acids is 12. The van der Waals surface area contributed by atoms with E-state index in [0.717, 1.165) is 48.3 Å². The van der Waals surface area contributed by atoms with Crippen LogP contribution in [-0.4, -0.2) is 117 Å². The first kappa shape index (κ1) is 75.9. The van der Waals surface area contributed by atoms with Gasteiger partial charge in [0.1, 0.15) is 34.5 Å². The molecule has 0 saturated carbocycles. The highest BCUT2D eigenvalue weighted by atomic mass is 16.5. The van der Waals surface area contributed by atoms with Crippen LogP contribution in [0.4, 0.5) is 0 Å². The normalized spacial score (nSPS) is 13.4. The number of imide groups is 3. The zero-order valence-corrected chi connectivity index (χ0v) is 67.7. The van der Waals surface area contributed by atoms with Gasteiger partial charge in [-0.1, -0.05) is 140 Å². The number of β-amino-alcohol motifs (C(OH)–C–C–N with tert-alkyl or cyclic N) is 1. The van der Waals surface area contributed by atoms with Crippen LogP contribution in [0.15, 0.2) is 243 Å². The van der Waals surface area contributed by atoms with Gasteiger partial charge in [0.2, 0.25) is 0 Å². The van der Waals surface area contributed by atoms with E-state index in [1.807, 2.05) is 48.5 Å². The summed E-state index contributed by atoms with van der Waals surface area (Å²) in [6, 6.07) is 69.5. The Kier molecular flexibility index (Phi) is 17.1. The van der Waals surface area contributed by atoms with E-state index in [1.54, 1.807) is 194 Å². The van der Waals surface area contributed by atoms with Gasteiger partial charge in [-0.15, -0.1) is 0 Å². The van der Waals surface area contributed by atoms with Gasteiger partial charge < -0.3 is 24.1 Å². The highest BCUT2D eigenvalue weighted by molar-refractivity contribution is 6.45. The first-order chi connectivity index (χ1) is 61.1. The minimum atomic E-state index is -0.696. The lowest BCUT2D eigenvalue weighted by Gasteiger charge is -2.29. The van der Waals surface area contributed by atoms with Gasteiger partial charge in [-0.2, -0.15) is 0 Å². The number of hydrogen-bond acceptors (Lipinski definition) is 17. The average Bonchev–Trinajstić information content (AvgIpc) is 0.693. The summed E-state index contributed by atoms with van der Waals surface area (Å²) >= 11 is 0. The van der Waals surface area contributed by atoms with E-state index in [9.17, 15) is 62.6 Å². The molecule has 3 aliphatic rings. The van der Waals surface area contributed by atoms with Crippen molar-refractivity contribution in [1.82, 2.24) is 14.7 Å². The molecular weight excluding hydrogens is 1590 g/mol. The fourth-order valence-corrected chi connectivity index (χ4v) is 19.9. The summed E-state index contributed by atoms with van der Waals surface area (Å²) in [6.45, 7) is 4.92. The summed E-state index contributed by atoms with van der Waals surface area (Å²) in [7, 11) is 0. The van der Waals surface area contributed by atoms with E-state index in [4.69, 9.17) is 18.9 Å². The molecule has 0 fully saturated rings. The Bertz CT molecular complexity index is 8010. The van der Waals surface area contributed by atoms with Gasteiger partial charge in [0.05, 0.1) is 29.8 Å². The van der Waals surface area contributed by atoms with E-state index >= 15 is 0 Å². The van der Waals surface area contributed by atoms with E-state index in [2.05, 4.69) is 0 Å². The standard InChI is InChI=1S/C106H65N3O17/c1-51(111)61-23-26-64-66-28-36-74-91-75(37-29-67(88(66)91)65-27-24-62(52(2)112)85(61)87(64)65)100(116)107(99(74)115)45-43-55-15-19-59(20-16-55)123-83-49-81(54(4)114)86-63(53(3)113)25-34-72-96-84(50-82-93-78(103(119)109(47-48-110)104(82)120)40-35-73(98(93)96)95(83)97(72)86)124-60-21-17-56(18-22-60)44-46-108-101(117)76-38-30-68-70-32-41-79(105(121)125-57-11-7-5-8-12-57)94-80(106(122)126-58-13-9-6-10-14-58)42-33-71(90(70)94)69-31-39-77(102(108)118)92(76)89(68)69/h5-42,49-50,110H,43-48H2,1-4H3. The number of fused-ring (bicyclic) bond motifs is 6. The lowest BCUT2D eigenvalue weighted by atomic mass is 9.81. The number of amides is 6. The Morgan fingerprint density at radius 2 is 0.540 bits per heavy atom. The molecular formula is C106H65N3O17. The molecule has 20 heteroatoms. The summed E-state index contributed by atoms with van der Waals surface area (Å²) in [5.41, 5.74) is 4.58. The molecule has 0 aliphatic carbocycles. The summed E-state index contributed by atoms with van der Waals surface area (Å²) in [6.07, 6.45) is 0.461. The molecule has 0 spiro atoms. The predicted octanol–water partition coefficient (Wildman–Crippen LogP) is 20.9. The molecule has 19 aromatic carbocycles. The monoisotopic (exact) mass is 1650 g/mol. The molecule has 0 bridgehead atoms. The third kappa shape index (κ3) is 11.2. The number of benzene rings is 19. The molecule has 606 valence electrons. The van der Waals surface area contributed by atoms with Crippen LogP contribution in [0.3, 0.4) is 0 Å². The second-order valence-electron chi connectivity index (χ2n) is 32.3. The van der Waals surface area contributed by atoms with Crippen molar-refractivity contribution in [2.24, 2.45) is 0 Å². The summed E-state index contributed by atoms with van der Waals surface area (Å²) in [5.74, 6) is -4.16. The molecule has 3 aliphatic heterocycles. The van der Waals surface area contributed by atoms with Gasteiger partial charge in [-0.05, 0) is 230 Å². The number of esters is 2. The summed E-state index contributed by atoms with van der Waals surface area (Å²) in [4.78, 5) is 175. The van der Waals surface area contributed by atoms with Crippen LogP contribution in [0, 0.1) is 0 Å². The molecule has 126 heavy (non-hydrogen) atoms. The molecule has 20 nitrogen and oxygen atoms in total. The second-order valence-corrected chi connectivity index (χ2v) is 32.3. The molecule has 6 amide bonds. The van der Waals surface area contributed by atoms with Crippen LogP contribution >= 0.6 is 0 Å². The number of hydrogen-bond donors (Lipinski definition) is 1. The Morgan fingerprint density at radius 3 is 0.905 bits per heavy atom. The Labute approximate surface area is 713 Å². The first-order valence-corrected chi connectivity index (χ1v) is 41.1. The topological polar surface area (TPSA) is 272 Å². The largest absolute Gasteiger partial charge is 0.457 e. The Morgan fingerprint density at radius 1 is 0.254 bits per heavy atom. The molecule has 3 heterocycles. The third-order valence-corrected chi connectivity index (χ3v) is 25.4. The molecule has 0 saturated heterocycles. The Balaban J connectivity index is 0.574. The maximum Gasteiger partial charge on any atom is 0.344 e. The van der Waals surface area contributed by atoms with Crippen molar-refractivity contribution in [2.45, 2.75) is 40.5 Å². The van der Waals surface area contributed by atoms with Gasteiger partial charge in [0, 0.05) is 117 Å². The minimum Gasteiger partial charge on any atom is -0.457 e. The lowest BCUT2D eigenvalue weighted by Crippen LogP contribution is -2.42. The van der Waals surface area contributed by atoms with Crippen molar-refractivity contribution in [3.8, 4) is 34.5 Å². The van der Waals surface area contributed by atoms with E-state index < -0.39 is 54.0 Å². The molecule has 0 radical (unpaired) electrons. The van der Waals surface area contributed by atoms with E-state index in [1.165, 1.54) is 37.5 Å². The summed E-state index contributed by atoms with van der Waals surface area (Å²) in [5, 5.41) is 24.0. The molecule has 0 unspecified atom stereocenters. The fraction of sp³-hybridized carbons (Fsp3) is 0.0943. The van der Waals surface area contributed by atoms with Crippen LogP contribution in [0.2, 0.25) is 0 Å². The number of Topliss-reactive ketones (excluding diaryl/α,β-unsaturated/α-hetero) is 4. The predicted molar refractivity (Wildman–Crippen MR) is 479 cm³/mol. The van der Waals surface area contributed by atoms with E-state index in [0.29, 0.717) is 153 Å².